The second-order valence-electron chi connectivity index (χ2n) is 8.18. The van der Waals surface area contributed by atoms with Crippen LogP contribution in [0.2, 0.25) is 0 Å². The van der Waals surface area contributed by atoms with Crippen molar-refractivity contribution in [2.45, 2.75) is 26.7 Å². The van der Waals surface area contributed by atoms with Gasteiger partial charge in [0.15, 0.2) is 5.13 Å². The predicted molar refractivity (Wildman–Crippen MR) is 131 cm³/mol. The van der Waals surface area contributed by atoms with Crippen LogP contribution in [-0.2, 0) is 31.7 Å². The molecule has 0 bridgehead atoms. The number of aromatic nitrogens is 3. The van der Waals surface area contributed by atoms with Crippen molar-refractivity contribution in [2.24, 2.45) is 20.0 Å². The Bertz CT molecular complexity index is 1410. The van der Waals surface area contributed by atoms with Crippen LogP contribution in [0.3, 0.4) is 0 Å². The van der Waals surface area contributed by atoms with E-state index in [0.29, 0.717) is 26.8 Å². The maximum absolute atomic E-state index is 12.6. The quantitative estimate of drug-likeness (QED) is 0.466. The SMILES string of the molecule is CC(C)Cc1ccc(-c2csc(NC(=O)Cc3scc4c3c(=O)n(C)c(=O)n4C)n2)cc1. The van der Waals surface area contributed by atoms with Gasteiger partial charge in [0.25, 0.3) is 5.56 Å². The van der Waals surface area contributed by atoms with Crippen LogP contribution in [0, 0.1) is 5.92 Å². The number of amides is 1. The van der Waals surface area contributed by atoms with E-state index in [1.165, 1.54) is 39.9 Å². The van der Waals surface area contributed by atoms with Gasteiger partial charge in [-0.2, -0.15) is 0 Å². The summed E-state index contributed by atoms with van der Waals surface area (Å²) in [7, 11) is 3.06. The van der Waals surface area contributed by atoms with Gasteiger partial charge >= 0.3 is 5.69 Å². The van der Waals surface area contributed by atoms with E-state index in [0.717, 1.165) is 22.2 Å². The number of benzene rings is 1. The van der Waals surface area contributed by atoms with Gasteiger partial charge in [0.2, 0.25) is 5.91 Å². The zero-order valence-electron chi connectivity index (χ0n) is 18.3. The summed E-state index contributed by atoms with van der Waals surface area (Å²) in [5, 5.41) is 7.41. The summed E-state index contributed by atoms with van der Waals surface area (Å²) in [5.74, 6) is 0.352. The third-order valence-electron chi connectivity index (χ3n) is 5.27. The van der Waals surface area contributed by atoms with E-state index in [1.54, 1.807) is 12.4 Å². The molecule has 4 aromatic rings. The molecular weight excluding hydrogens is 444 g/mol. The van der Waals surface area contributed by atoms with E-state index in [9.17, 15) is 14.4 Å². The first-order chi connectivity index (χ1) is 15.2. The van der Waals surface area contributed by atoms with E-state index in [4.69, 9.17) is 0 Å². The third kappa shape index (κ3) is 4.31. The highest BCUT2D eigenvalue weighted by Gasteiger charge is 2.17. The molecule has 0 aliphatic heterocycles. The molecule has 0 fully saturated rings. The Labute approximate surface area is 193 Å². The lowest BCUT2D eigenvalue weighted by atomic mass is 10.0. The molecule has 0 unspecified atom stereocenters. The van der Waals surface area contributed by atoms with Crippen molar-refractivity contribution in [3.63, 3.8) is 0 Å². The summed E-state index contributed by atoms with van der Waals surface area (Å²) in [6, 6.07) is 8.33. The number of thiophene rings is 1. The molecule has 0 saturated heterocycles. The molecule has 0 aliphatic carbocycles. The fourth-order valence-electron chi connectivity index (χ4n) is 3.63. The first-order valence-corrected chi connectivity index (χ1v) is 12.0. The Morgan fingerprint density at radius 1 is 1.06 bits per heavy atom. The van der Waals surface area contributed by atoms with Crippen LogP contribution < -0.4 is 16.6 Å². The number of nitrogens with zero attached hydrogens (tertiary/aromatic N) is 3. The average molecular weight is 469 g/mol. The fourth-order valence-corrected chi connectivity index (χ4v) is 5.42. The van der Waals surface area contributed by atoms with Crippen LogP contribution in [0.15, 0.2) is 44.6 Å². The number of carbonyl (C=O) groups excluding carboxylic acids is 1. The lowest BCUT2D eigenvalue weighted by Crippen LogP contribution is -2.36. The van der Waals surface area contributed by atoms with Gasteiger partial charge in [-0.3, -0.25) is 18.7 Å². The first kappa shape index (κ1) is 22.2. The Morgan fingerprint density at radius 2 is 1.78 bits per heavy atom. The second-order valence-corrected chi connectivity index (χ2v) is 10.0. The molecular formula is C23H24N4O3S2. The van der Waals surface area contributed by atoms with Crippen LogP contribution in [0.4, 0.5) is 5.13 Å². The molecule has 0 atom stereocenters. The van der Waals surface area contributed by atoms with Crippen molar-refractivity contribution in [3.8, 4) is 11.3 Å². The average Bonchev–Trinajstić information content (AvgIpc) is 3.38. The van der Waals surface area contributed by atoms with Crippen molar-refractivity contribution in [2.75, 3.05) is 5.32 Å². The zero-order chi connectivity index (χ0) is 23.0. The second kappa shape index (κ2) is 8.84. The van der Waals surface area contributed by atoms with E-state index >= 15 is 0 Å². The molecule has 9 heteroatoms. The van der Waals surface area contributed by atoms with Gasteiger partial charge in [-0.15, -0.1) is 22.7 Å². The van der Waals surface area contributed by atoms with Crippen molar-refractivity contribution < 1.29 is 4.79 Å². The van der Waals surface area contributed by atoms with E-state index < -0.39 is 0 Å². The lowest BCUT2D eigenvalue weighted by molar-refractivity contribution is -0.115. The van der Waals surface area contributed by atoms with Crippen molar-refractivity contribution >= 4 is 44.6 Å². The highest BCUT2D eigenvalue weighted by atomic mass is 32.1. The monoisotopic (exact) mass is 468 g/mol. The lowest BCUT2D eigenvalue weighted by Gasteiger charge is -2.05. The molecule has 1 aromatic carbocycles. The van der Waals surface area contributed by atoms with Crippen LogP contribution in [0.5, 0.6) is 0 Å². The van der Waals surface area contributed by atoms with Gasteiger partial charge in [-0.1, -0.05) is 38.1 Å². The van der Waals surface area contributed by atoms with Crippen LogP contribution in [0.25, 0.3) is 22.2 Å². The van der Waals surface area contributed by atoms with E-state index in [1.807, 2.05) is 5.38 Å². The summed E-state index contributed by atoms with van der Waals surface area (Å²) in [6.45, 7) is 4.39. The summed E-state index contributed by atoms with van der Waals surface area (Å²) in [5.41, 5.74) is 2.88. The number of anilines is 1. The molecule has 166 valence electrons. The minimum absolute atomic E-state index is 0.0421. The minimum Gasteiger partial charge on any atom is -0.302 e. The summed E-state index contributed by atoms with van der Waals surface area (Å²) in [6.07, 6.45) is 1.08. The number of aryl methyl sites for hydroxylation is 1. The highest BCUT2D eigenvalue weighted by Crippen LogP contribution is 2.27. The van der Waals surface area contributed by atoms with Crippen molar-refractivity contribution in [3.05, 3.63) is 66.3 Å². The smallest absolute Gasteiger partial charge is 0.302 e. The number of thiazole rings is 1. The minimum atomic E-state index is -0.385. The number of hydrogen-bond acceptors (Lipinski definition) is 6. The zero-order valence-corrected chi connectivity index (χ0v) is 20.0. The first-order valence-electron chi connectivity index (χ1n) is 10.3. The highest BCUT2D eigenvalue weighted by molar-refractivity contribution is 7.14. The Morgan fingerprint density at radius 3 is 2.47 bits per heavy atom. The predicted octanol–water partition coefficient (Wildman–Crippen LogP) is 3.80. The summed E-state index contributed by atoms with van der Waals surface area (Å²) in [4.78, 5) is 42.5. The number of hydrogen-bond donors (Lipinski definition) is 1. The molecule has 7 nitrogen and oxygen atoms in total. The molecule has 0 aliphatic rings. The Hall–Kier alpha value is -3.04. The Balaban J connectivity index is 1.50. The number of nitrogens with one attached hydrogen (secondary N) is 1. The maximum Gasteiger partial charge on any atom is 0.330 e. The third-order valence-corrected chi connectivity index (χ3v) is 7.00. The van der Waals surface area contributed by atoms with Crippen molar-refractivity contribution in [1.29, 1.82) is 0 Å². The molecule has 0 spiro atoms. The molecule has 4 rings (SSSR count). The molecule has 3 aromatic heterocycles. The molecule has 0 radical (unpaired) electrons. The van der Waals surface area contributed by atoms with Crippen LogP contribution in [-0.4, -0.2) is 20.0 Å². The van der Waals surface area contributed by atoms with Crippen LogP contribution >= 0.6 is 22.7 Å². The topological polar surface area (TPSA) is 86.0 Å². The van der Waals surface area contributed by atoms with Gasteiger partial charge < -0.3 is 5.32 Å². The molecule has 1 N–H and O–H groups in total. The number of fused-ring (bicyclic) bond motifs is 1. The van der Waals surface area contributed by atoms with Gasteiger partial charge in [0.1, 0.15) is 0 Å². The number of rotatable bonds is 6. The van der Waals surface area contributed by atoms with Gasteiger partial charge in [0.05, 0.1) is 23.0 Å². The molecule has 0 saturated carbocycles. The summed E-state index contributed by atoms with van der Waals surface area (Å²) >= 11 is 2.67. The maximum atomic E-state index is 12.6. The molecule has 3 heterocycles. The van der Waals surface area contributed by atoms with Gasteiger partial charge in [0, 0.05) is 35.3 Å². The normalized spacial score (nSPS) is 11.4. The van der Waals surface area contributed by atoms with Crippen LogP contribution in [0.1, 0.15) is 24.3 Å². The molecule has 1 amide bonds. The molecule has 32 heavy (non-hydrogen) atoms. The van der Waals surface area contributed by atoms with E-state index in [2.05, 4.69) is 48.4 Å². The van der Waals surface area contributed by atoms with Gasteiger partial charge in [-0.05, 0) is 17.9 Å². The number of carbonyl (C=O) groups is 1. The largest absolute Gasteiger partial charge is 0.330 e. The fraction of sp³-hybridized carbons (Fsp3) is 0.304. The Kier molecular flexibility index (Phi) is 6.12. The standard InChI is InChI=1S/C23H24N4O3S2/c1-13(2)9-14-5-7-15(8-6-14)16-11-32-22(24-16)25-19(28)10-18-20-17(12-31-18)26(3)23(30)27(4)21(20)29/h5-8,11-13H,9-10H2,1-4H3,(H,24,25,28). The summed E-state index contributed by atoms with van der Waals surface area (Å²) < 4.78 is 2.49. The van der Waals surface area contributed by atoms with Gasteiger partial charge in [-0.25, -0.2) is 9.78 Å². The van der Waals surface area contributed by atoms with E-state index in [-0.39, 0.29) is 23.6 Å². The van der Waals surface area contributed by atoms with Crippen molar-refractivity contribution in [1.82, 2.24) is 14.1 Å².